The molecule has 3 nitrogen and oxygen atoms in total. The molecule has 1 unspecified atom stereocenters. The Bertz CT molecular complexity index is 379. The third-order valence-electron chi connectivity index (χ3n) is 2.91. The van der Waals surface area contributed by atoms with E-state index in [9.17, 15) is 8.78 Å². The fourth-order valence-electron chi connectivity index (χ4n) is 2.03. The summed E-state index contributed by atoms with van der Waals surface area (Å²) in [6.07, 6.45) is 1.65. The van der Waals surface area contributed by atoms with Crippen LogP contribution in [0.5, 0.6) is 5.75 Å². The first-order chi connectivity index (χ1) is 8.10. The van der Waals surface area contributed by atoms with Gasteiger partial charge in [0.1, 0.15) is 5.75 Å². The van der Waals surface area contributed by atoms with Crippen LogP contribution in [0.15, 0.2) is 24.3 Å². The second-order valence-corrected chi connectivity index (χ2v) is 4.22. The van der Waals surface area contributed by atoms with Crippen LogP contribution >= 0.6 is 0 Å². The molecular formula is C12H15F2NO2. The highest BCUT2D eigenvalue weighted by atomic mass is 19.3. The molecule has 1 fully saturated rings. The van der Waals surface area contributed by atoms with E-state index in [4.69, 9.17) is 10.5 Å². The van der Waals surface area contributed by atoms with Crippen molar-refractivity contribution in [1.29, 1.82) is 0 Å². The van der Waals surface area contributed by atoms with E-state index in [1.807, 2.05) is 6.07 Å². The molecule has 0 aromatic heterocycles. The van der Waals surface area contributed by atoms with Gasteiger partial charge in [0.25, 0.3) is 0 Å². The van der Waals surface area contributed by atoms with Crippen molar-refractivity contribution < 1.29 is 18.3 Å². The monoisotopic (exact) mass is 243 g/mol. The van der Waals surface area contributed by atoms with Crippen LogP contribution in [-0.2, 0) is 10.3 Å². The van der Waals surface area contributed by atoms with Crippen LogP contribution in [0.3, 0.4) is 0 Å². The molecular weight excluding hydrogens is 228 g/mol. The van der Waals surface area contributed by atoms with Crippen molar-refractivity contribution in [2.75, 3.05) is 13.2 Å². The first kappa shape index (κ1) is 12.3. The molecule has 1 heterocycles. The lowest BCUT2D eigenvalue weighted by Crippen LogP contribution is -2.44. The minimum absolute atomic E-state index is 0.132. The highest BCUT2D eigenvalue weighted by Crippen LogP contribution is 2.30. The first-order valence-corrected chi connectivity index (χ1v) is 5.52. The van der Waals surface area contributed by atoms with Crippen LogP contribution in [0.2, 0.25) is 0 Å². The largest absolute Gasteiger partial charge is 0.435 e. The Labute approximate surface area is 98.5 Å². The summed E-state index contributed by atoms with van der Waals surface area (Å²) in [6, 6.07) is 6.52. The predicted octanol–water partition coefficient (Wildman–Crippen LogP) is 2.25. The topological polar surface area (TPSA) is 44.5 Å². The summed E-state index contributed by atoms with van der Waals surface area (Å²) in [6.45, 7) is -1.71. The Morgan fingerprint density at radius 1 is 1.41 bits per heavy atom. The summed E-state index contributed by atoms with van der Waals surface area (Å²) >= 11 is 0. The van der Waals surface area contributed by atoms with Gasteiger partial charge < -0.3 is 15.2 Å². The van der Waals surface area contributed by atoms with Gasteiger partial charge in [-0.15, -0.1) is 0 Å². The van der Waals surface area contributed by atoms with E-state index in [0.717, 1.165) is 18.4 Å². The maximum absolute atomic E-state index is 12.1. The van der Waals surface area contributed by atoms with Gasteiger partial charge in [-0.05, 0) is 30.5 Å². The van der Waals surface area contributed by atoms with Crippen molar-refractivity contribution in [3.8, 4) is 5.75 Å². The summed E-state index contributed by atoms with van der Waals surface area (Å²) in [7, 11) is 0. The Morgan fingerprint density at radius 3 is 2.88 bits per heavy atom. The van der Waals surface area contributed by atoms with Crippen LogP contribution in [0, 0.1) is 0 Å². The smallest absolute Gasteiger partial charge is 0.387 e. The zero-order chi connectivity index (χ0) is 12.3. The third-order valence-corrected chi connectivity index (χ3v) is 2.91. The molecule has 0 aliphatic carbocycles. The standard InChI is InChI=1S/C12H15F2NO2/c13-11(14)17-10-4-1-3-9(7-10)12(15)5-2-6-16-8-12/h1,3-4,7,11H,2,5-6,8,15H2. The average molecular weight is 243 g/mol. The Balaban J connectivity index is 2.19. The molecule has 2 N–H and O–H groups in total. The molecule has 1 aliphatic rings. The van der Waals surface area contributed by atoms with Crippen LogP contribution in [0.1, 0.15) is 18.4 Å². The second-order valence-electron chi connectivity index (χ2n) is 4.22. The van der Waals surface area contributed by atoms with E-state index in [0.29, 0.717) is 13.2 Å². The van der Waals surface area contributed by atoms with Gasteiger partial charge in [-0.2, -0.15) is 8.78 Å². The highest BCUT2D eigenvalue weighted by Gasteiger charge is 2.30. The molecule has 1 atom stereocenters. The summed E-state index contributed by atoms with van der Waals surface area (Å²) in [4.78, 5) is 0. The number of ether oxygens (including phenoxy) is 2. The van der Waals surface area contributed by atoms with E-state index < -0.39 is 12.2 Å². The van der Waals surface area contributed by atoms with Crippen molar-refractivity contribution in [3.05, 3.63) is 29.8 Å². The van der Waals surface area contributed by atoms with Gasteiger partial charge in [0.2, 0.25) is 0 Å². The van der Waals surface area contributed by atoms with Crippen LogP contribution in [0.4, 0.5) is 8.78 Å². The van der Waals surface area contributed by atoms with Crippen LogP contribution in [0.25, 0.3) is 0 Å². The summed E-state index contributed by atoms with van der Waals surface area (Å²) in [5.74, 6) is 0.132. The fraction of sp³-hybridized carbons (Fsp3) is 0.500. The lowest BCUT2D eigenvalue weighted by atomic mass is 9.86. The predicted molar refractivity (Wildman–Crippen MR) is 59.0 cm³/mol. The molecule has 17 heavy (non-hydrogen) atoms. The molecule has 1 saturated heterocycles. The molecule has 2 rings (SSSR count). The van der Waals surface area contributed by atoms with Gasteiger partial charge in [-0.25, -0.2) is 0 Å². The molecule has 5 heteroatoms. The maximum atomic E-state index is 12.1. The van der Waals surface area contributed by atoms with E-state index in [1.165, 1.54) is 6.07 Å². The fourth-order valence-corrected chi connectivity index (χ4v) is 2.03. The number of hydrogen-bond donors (Lipinski definition) is 1. The van der Waals surface area contributed by atoms with Gasteiger partial charge in [0.15, 0.2) is 0 Å². The molecule has 1 aromatic carbocycles. The normalized spacial score (nSPS) is 24.9. The molecule has 0 bridgehead atoms. The van der Waals surface area contributed by atoms with E-state index in [2.05, 4.69) is 4.74 Å². The Morgan fingerprint density at radius 2 is 2.24 bits per heavy atom. The van der Waals surface area contributed by atoms with Gasteiger partial charge in [-0.1, -0.05) is 12.1 Å². The number of alkyl halides is 2. The second kappa shape index (κ2) is 4.98. The van der Waals surface area contributed by atoms with Crippen molar-refractivity contribution in [1.82, 2.24) is 0 Å². The Hall–Kier alpha value is -1.20. The third kappa shape index (κ3) is 2.92. The number of nitrogens with two attached hydrogens (primary N) is 1. The maximum Gasteiger partial charge on any atom is 0.387 e. The number of benzene rings is 1. The quantitative estimate of drug-likeness (QED) is 0.885. The summed E-state index contributed by atoms with van der Waals surface area (Å²) < 4.78 is 33.9. The van der Waals surface area contributed by atoms with Crippen molar-refractivity contribution >= 4 is 0 Å². The van der Waals surface area contributed by atoms with E-state index >= 15 is 0 Å². The van der Waals surface area contributed by atoms with Crippen molar-refractivity contribution in [2.24, 2.45) is 5.73 Å². The lowest BCUT2D eigenvalue weighted by Gasteiger charge is -2.33. The van der Waals surface area contributed by atoms with Gasteiger partial charge in [0.05, 0.1) is 12.1 Å². The minimum Gasteiger partial charge on any atom is -0.435 e. The van der Waals surface area contributed by atoms with Gasteiger partial charge in [0, 0.05) is 6.61 Å². The lowest BCUT2D eigenvalue weighted by molar-refractivity contribution is -0.0500. The van der Waals surface area contributed by atoms with Gasteiger partial charge >= 0.3 is 6.61 Å². The minimum atomic E-state index is -2.82. The van der Waals surface area contributed by atoms with Crippen LogP contribution < -0.4 is 10.5 Å². The van der Waals surface area contributed by atoms with Crippen molar-refractivity contribution in [2.45, 2.75) is 25.0 Å². The molecule has 0 radical (unpaired) electrons. The molecule has 1 aliphatic heterocycles. The van der Waals surface area contributed by atoms with Crippen LogP contribution in [-0.4, -0.2) is 19.8 Å². The molecule has 0 saturated carbocycles. The highest BCUT2D eigenvalue weighted by molar-refractivity contribution is 5.33. The summed E-state index contributed by atoms with van der Waals surface area (Å²) in [5.41, 5.74) is 6.39. The zero-order valence-electron chi connectivity index (χ0n) is 9.36. The molecule has 1 aromatic rings. The SMILES string of the molecule is NC1(c2cccc(OC(F)F)c2)CCCOC1. The average Bonchev–Trinajstić information content (AvgIpc) is 2.29. The molecule has 94 valence electrons. The summed E-state index contributed by atoms with van der Waals surface area (Å²) in [5, 5.41) is 0. The molecule has 0 amide bonds. The van der Waals surface area contributed by atoms with Crippen molar-refractivity contribution in [3.63, 3.8) is 0 Å². The first-order valence-electron chi connectivity index (χ1n) is 5.52. The zero-order valence-corrected chi connectivity index (χ0v) is 9.36. The van der Waals surface area contributed by atoms with E-state index in [1.54, 1.807) is 12.1 Å². The number of halogens is 2. The number of hydrogen-bond acceptors (Lipinski definition) is 3. The Kier molecular flexibility index (Phi) is 3.59. The number of rotatable bonds is 3. The van der Waals surface area contributed by atoms with Gasteiger partial charge in [-0.3, -0.25) is 0 Å². The molecule has 0 spiro atoms. The van der Waals surface area contributed by atoms with E-state index in [-0.39, 0.29) is 5.75 Å².